The van der Waals surface area contributed by atoms with Gasteiger partial charge in [0, 0.05) is 24.7 Å². The minimum absolute atomic E-state index is 0.0344. The van der Waals surface area contributed by atoms with Crippen molar-refractivity contribution < 1.29 is 9.66 Å². The zero-order valence-electron chi connectivity index (χ0n) is 8.77. The molecule has 0 radical (unpaired) electrons. The highest BCUT2D eigenvalue weighted by atomic mass is 16.6. The number of non-ortho nitro benzene ring substituents is 1. The Morgan fingerprint density at radius 2 is 2.35 bits per heavy atom. The van der Waals surface area contributed by atoms with E-state index in [0.717, 1.165) is 5.56 Å². The fourth-order valence-corrected chi connectivity index (χ4v) is 1.74. The van der Waals surface area contributed by atoms with Gasteiger partial charge in [0.1, 0.15) is 5.75 Å². The number of hydrogen-bond donors (Lipinski definition) is 0. The molecule has 0 saturated carbocycles. The minimum atomic E-state index is -0.440. The number of hydrogen-bond acceptors (Lipinski definition) is 6. The van der Waals surface area contributed by atoms with Gasteiger partial charge in [0.05, 0.1) is 4.92 Å². The summed E-state index contributed by atoms with van der Waals surface area (Å²) in [6.45, 7) is 0. The first kappa shape index (κ1) is 9.70. The molecule has 0 amide bonds. The normalized spacial score (nSPS) is 16.9. The second-order valence-corrected chi connectivity index (χ2v) is 3.64. The van der Waals surface area contributed by atoms with Crippen LogP contribution in [0.25, 0.3) is 0 Å². The molecule has 0 fully saturated rings. The fraction of sp³-hybridized carbons (Fsp3) is 0.222. The number of aromatic nitrogens is 4. The van der Waals surface area contributed by atoms with E-state index in [-0.39, 0.29) is 5.69 Å². The van der Waals surface area contributed by atoms with Crippen LogP contribution in [0.15, 0.2) is 18.2 Å². The third-order valence-corrected chi connectivity index (χ3v) is 2.62. The van der Waals surface area contributed by atoms with E-state index in [4.69, 9.17) is 4.74 Å². The Labute approximate surface area is 95.0 Å². The lowest BCUT2D eigenvalue weighted by Crippen LogP contribution is -2.23. The van der Waals surface area contributed by atoms with Crippen LogP contribution in [0.3, 0.4) is 0 Å². The molecular weight excluding hydrogens is 226 g/mol. The van der Waals surface area contributed by atoms with E-state index in [0.29, 0.717) is 11.6 Å². The quantitative estimate of drug-likeness (QED) is 0.556. The van der Waals surface area contributed by atoms with E-state index >= 15 is 0 Å². The van der Waals surface area contributed by atoms with Crippen molar-refractivity contribution >= 4 is 5.69 Å². The SMILES string of the molecule is Cn1nnnc1C1Oc2ccc([N+](=O)[O-])cc21. The Morgan fingerprint density at radius 1 is 1.53 bits per heavy atom. The third-order valence-electron chi connectivity index (χ3n) is 2.62. The first-order chi connectivity index (χ1) is 8.16. The molecular formula is C9H7N5O3. The molecule has 3 rings (SSSR count). The molecule has 8 nitrogen and oxygen atoms in total. The molecule has 8 heteroatoms. The maximum Gasteiger partial charge on any atom is 0.270 e. The molecule has 1 aliphatic rings. The topological polar surface area (TPSA) is 96.0 Å². The summed E-state index contributed by atoms with van der Waals surface area (Å²) in [6, 6.07) is 4.47. The molecule has 2 aromatic rings. The van der Waals surface area contributed by atoms with E-state index in [1.165, 1.54) is 16.8 Å². The van der Waals surface area contributed by atoms with Crippen molar-refractivity contribution in [2.45, 2.75) is 6.10 Å². The Balaban J connectivity index is 2.02. The molecule has 0 N–H and O–H groups in total. The Bertz CT molecular complexity index is 608. The predicted octanol–water partition coefficient (Wildman–Crippen LogP) is 0.600. The lowest BCUT2D eigenvalue weighted by molar-refractivity contribution is -0.385. The second-order valence-electron chi connectivity index (χ2n) is 3.64. The number of nitrogens with zero attached hydrogens (tertiary/aromatic N) is 5. The van der Waals surface area contributed by atoms with Crippen LogP contribution in [0.5, 0.6) is 5.75 Å². The summed E-state index contributed by atoms with van der Waals surface area (Å²) in [5, 5.41) is 21.7. The fourth-order valence-electron chi connectivity index (χ4n) is 1.74. The number of rotatable bonds is 2. The molecule has 0 bridgehead atoms. The number of ether oxygens (including phenoxy) is 1. The zero-order chi connectivity index (χ0) is 12.0. The number of nitro benzene ring substituents is 1. The van der Waals surface area contributed by atoms with E-state index in [2.05, 4.69) is 15.5 Å². The predicted molar refractivity (Wildman–Crippen MR) is 54.4 cm³/mol. The minimum Gasteiger partial charge on any atom is -0.477 e. The van der Waals surface area contributed by atoms with Crippen LogP contribution < -0.4 is 4.74 Å². The number of fused-ring (bicyclic) bond motifs is 1. The van der Waals surface area contributed by atoms with Crippen molar-refractivity contribution in [3.05, 3.63) is 39.7 Å². The Morgan fingerprint density at radius 3 is 3.00 bits per heavy atom. The number of benzene rings is 1. The maximum atomic E-state index is 10.7. The lowest BCUT2D eigenvalue weighted by Gasteiger charge is -2.29. The van der Waals surface area contributed by atoms with Gasteiger partial charge >= 0.3 is 0 Å². The number of aryl methyl sites for hydroxylation is 1. The van der Waals surface area contributed by atoms with Crippen LogP contribution in [0.4, 0.5) is 5.69 Å². The highest BCUT2D eigenvalue weighted by Crippen LogP contribution is 2.43. The molecule has 1 unspecified atom stereocenters. The molecule has 17 heavy (non-hydrogen) atoms. The molecule has 0 saturated heterocycles. The smallest absolute Gasteiger partial charge is 0.270 e. The van der Waals surface area contributed by atoms with Crippen LogP contribution in [-0.2, 0) is 7.05 Å². The van der Waals surface area contributed by atoms with Gasteiger partial charge in [-0.15, -0.1) is 5.10 Å². The van der Waals surface area contributed by atoms with Crippen LogP contribution in [0, 0.1) is 10.1 Å². The van der Waals surface area contributed by atoms with Gasteiger partial charge < -0.3 is 4.74 Å². The van der Waals surface area contributed by atoms with Gasteiger partial charge in [-0.1, -0.05) is 0 Å². The third kappa shape index (κ3) is 1.34. The summed E-state index contributed by atoms with van der Waals surface area (Å²) in [7, 11) is 1.69. The van der Waals surface area contributed by atoms with Gasteiger partial charge in [0.15, 0.2) is 11.9 Å². The Kier molecular flexibility index (Phi) is 1.85. The molecule has 1 atom stereocenters. The van der Waals surface area contributed by atoms with E-state index < -0.39 is 11.0 Å². The van der Waals surface area contributed by atoms with Crippen molar-refractivity contribution in [1.82, 2.24) is 20.2 Å². The highest BCUT2D eigenvalue weighted by Gasteiger charge is 2.35. The van der Waals surface area contributed by atoms with Crippen molar-refractivity contribution in [3.8, 4) is 5.75 Å². The van der Waals surface area contributed by atoms with E-state index in [9.17, 15) is 10.1 Å². The van der Waals surface area contributed by atoms with Crippen molar-refractivity contribution in [3.63, 3.8) is 0 Å². The molecule has 0 spiro atoms. The first-order valence-electron chi connectivity index (χ1n) is 4.84. The standard InChI is InChI=1S/C9H7N5O3/c1-13-9(10-11-12-13)8-6-4-5(14(15)16)2-3-7(6)17-8/h2-4,8H,1H3. The average Bonchev–Trinajstić information content (AvgIpc) is 2.66. The van der Waals surface area contributed by atoms with Crippen LogP contribution in [0.2, 0.25) is 0 Å². The van der Waals surface area contributed by atoms with E-state index in [1.54, 1.807) is 13.1 Å². The molecule has 86 valence electrons. The van der Waals surface area contributed by atoms with Gasteiger partial charge in [0.2, 0.25) is 0 Å². The van der Waals surface area contributed by atoms with Gasteiger partial charge in [0.25, 0.3) is 5.69 Å². The summed E-state index contributed by atoms with van der Waals surface area (Å²) < 4.78 is 6.94. The molecule has 1 aliphatic heterocycles. The maximum absolute atomic E-state index is 10.7. The highest BCUT2D eigenvalue weighted by molar-refractivity contribution is 5.51. The zero-order valence-corrected chi connectivity index (χ0v) is 8.77. The van der Waals surface area contributed by atoms with Crippen molar-refractivity contribution in [1.29, 1.82) is 0 Å². The van der Waals surface area contributed by atoms with Gasteiger partial charge in [-0.3, -0.25) is 10.1 Å². The summed E-state index contributed by atoms with van der Waals surface area (Å²) in [5.41, 5.74) is 0.768. The summed E-state index contributed by atoms with van der Waals surface area (Å²) >= 11 is 0. The van der Waals surface area contributed by atoms with Crippen molar-refractivity contribution in [2.75, 3.05) is 0 Å². The van der Waals surface area contributed by atoms with Crippen molar-refractivity contribution in [2.24, 2.45) is 7.05 Å². The lowest BCUT2D eigenvalue weighted by atomic mass is 10.0. The average molecular weight is 233 g/mol. The largest absolute Gasteiger partial charge is 0.477 e. The van der Waals surface area contributed by atoms with Gasteiger partial charge in [-0.2, -0.15) is 0 Å². The number of tetrazole rings is 1. The van der Waals surface area contributed by atoms with Crippen LogP contribution >= 0.6 is 0 Å². The Hall–Kier alpha value is -2.51. The van der Waals surface area contributed by atoms with Gasteiger partial charge in [-0.25, -0.2) is 4.68 Å². The second kappa shape index (κ2) is 3.24. The molecule has 0 aliphatic carbocycles. The van der Waals surface area contributed by atoms with E-state index in [1.807, 2.05) is 0 Å². The molecule has 2 heterocycles. The first-order valence-corrected chi connectivity index (χ1v) is 4.84. The van der Waals surface area contributed by atoms with Crippen LogP contribution in [-0.4, -0.2) is 25.1 Å². The van der Waals surface area contributed by atoms with Gasteiger partial charge in [-0.05, 0) is 16.5 Å². The number of nitro groups is 1. The van der Waals surface area contributed by atoms with Crippen LogP contribution in [0.1, 0.15) is 17.5 Å². The summed E-state index contributed by atoms with van der Waals surface area (Å²) in [6.07, 6.45) is -0.426. The summed E-state index contributed by atoms with van der Waals surface area (Å²) in [5.74, 6) is 1.15. The molecule has 1 aromatic carbocycles. The monoisotopic (exact) mass is 233 g/mol. The molecule has 1 aromatic heterocycles. The summed E-state index contributed by atoms with van der Waals surface area (Å²) in [4.78, 5) is 10.2.